The summed E-state index contributed by atoms with van der Waals surface area (Å²) in [6, 6.07) is 0. The molecule has 0 bridgehead atoms. The van der Waals surface area contributed by atoms with Gasteiger partial charge in [-0.3, -0.25) is 5.10 Å². The molecule has 48 valence electrons. The predicted molar refractivity (Wildman–Crippen MR) is 36.8 cm³/mol. The summed E-state index contributed by atoms with van der Waals surface area (Å²) >= 11 is 0. The molecule has 3 nitrogen and oxygen atoms in total. The highest BCUT2D eigenvalue weighted by molar-refractivity contribution is 6.65. The second kappa shape index (κ2) is 2.68. The predicted octanol–water partition coefficient (Wildman–Crippen LogP) is -0.116. The van der Waals surface area contributed by atoms with E-state index in [0.29, 0.717) is 0 Å². The second-order valence-electron chi connectivity index (χ2n) is 1.91. The molecule has 0 aliphatic carbocycles. The second-order valence-corrected chi connectivity index (χ2v) is 1.91. The molecule has 0 aromatic carbocycles. The minimum Gasteiger partial charge on any atom is -0.434 e. The zero-order valence-corrected chi connectivity index (χ0v) is 5.59. The summed E-state index contributed by atoms with van der Waals surface area (Å²) in [4.78, 5) is 0. The third-order valence-electron chi connectivity index (χ3n) is 1.34. The molecule has 0 aliphatic heterocycles. The van der Waals surface area contributed by atoms with Gasteiger partial charge in [-0.15, -0.1) is 0 Å². The molecule has 1 N–H and O–H groups in total. The van der Waals surface area contributed by atoms with E-state index >= 15 is 0 Å². The molecule has 0 saturated carbocycles. The van der Waals surface area contributed by atoms with E-state index in [1.165, 1.54) is 0 Å². The summed E-state index contributed by atoms with van der Waals surface area (Å²) in [7, 11) is 1.68. The lowest BCUT2D eigenvalue weighted by molar-refractivity contribution is 0.434. The van der Waals surface area contributed by atoms with Gasteiger partial charge in [0.1, 0.15) is 0 Å². The fraction of sp³-hybridized carbons (Fsp3) is 0.400. The van der Waals surface area contributed by atoms with Crippen molar-refractivity contribution in [3.05, 3.63) is 12.4 Å². The van der Waals surface area contributed by atoms with Gasteiger partial charge in [0.2, 0.25) is 0 Å². The third kappa shape index (κ3) is 1.32. The van der Waals surface area contributed by atoms with Crippen LogP contribution in [0.4, 0.5) is 0 Å². The number of aromatic nitrogens is 2. The number of H-pyrrole nitrogens is 1. The number of hydrogen-bond acceptors (Lipinski definition) is 2. The van der Waals surface area contributed by atoms with Crippen LogP contribution in [-0.4, -0.2) is 24.2 Å². The Labute approximate surface area is 54.5 Å². The maximum Gasteiger partial charge on any atom is 0.326 e. The number of nitrogens with one attached hydrogen (secondary N) is 1. The van der Waals surface area contributed by atoms with Crippen LogP contribution < -0.4 is 5.46 Å². The molecule has 9 heavy (non-hydrogen) atoms. The Hall–Kier alpha value is -0.765. The molecule has 1 heterocycles. The molecule has 0 atom stereocenters. The highest BCUT2D eigenvalue weighted by Crippen LogP contribution is 1.81. The zero-order chi connectivity index (χ0) is 6.69. The molecule has 0 amide bonds. The summed E-state index contributed by atoms with van der Waals surface area (Å²) < 4.78 is 5.03. The van der Waals surface area contributed by atoms with E-state index in [1.54, 1.807) is 13.3 Å². The molecule has 0 aliphatic rings. The molecule has 0 fully saturated rings. The molecule has 1 aromatic heterocycles. The molecular formula is C5H9BN2O. The van der Waals surface area contributed by atoms with Crippen molar-refractivity contribution in [3.8, 4) is 0 Å². The fourth-order valence-electron chi connectivity index (χ4n) is 0.619. The smallest absolute Gasteiger partial charge is 0.326 e. The summed E-state index contributed by atoms with van der Waals surface area (Å²) in [5.74, 6) is 0. The van der Waals surface area contributed by atoms with Gasteiger partial charge in [0, 0.05) is 19.5 Å². The lowest BCUT2D eigenvalue weighted by atomic mass is 9.65. The molecule has 1 rings (SSSR count). The molecular weight excluding hydrogens is 115 g/mol. The summed E-state index contributed by atoms with van der Waals surface area (Å²) in [6.45, 7) is 2.12. The van der Waals surface area contributed by atoms with Gasteiger partial charge in [-0.25, -0.2) is 0 Å². The Kier molecular flexibility index (Phi) is 1.90. The van der Waals surface area contributed by atoms with Crippen molar-refractivity contribution in [2.45, 2.75) is 6.82 Å². The van der Waals surface area contributed by atoms with Gasteiger partial charge in [0.15, 0.2) is 0 Å². The van der Waals surface area contributed by atoms with E-state index in [1.807, 2.05) is 13.0 Å². The van der Waals surface area contributed by atoms with Crippen molar-refractivity contribution in [3.63, 3.8) is 0 Å². The van der Waals surface area contributed by atoms with Crippen molar-refractivity contribution in [1.29, 1.82) is 0 Å². The monoisotopic (exact) mass is 124 g/mol. The molecule has 0 saturated heterocycles. The summed E-state index contributed by atoms with van der Waals surface area (Å²) in [6.07, 6.45) is 3.59. The van der Waals surface area contributed by atoms with Crippen molar-refractivity contribution >= 4 is 12.4 Å². The quantitative estimate of drug-likeness (QED) is 0.558. The van der Waals surface area contributed by atoms with Gasteiger partial charge < -0.3 is 4.65 Å². The Morgan fingerprint density at radius 3 is 3.00 bits per heavy atom. The van der Waals surface area contributed by atoms with Crippen molar-refractivity contribution in [2.24, 2.45) is 0 Å². The minimum absolute atomic E-state index is 0.142. The van der Waals surface area contributed by atoms with E-state index in [9.17, 15) is 0 Å². The van der Waals surface area contributed by atoms with E-state index in [-0.39, 0.29) is 6.92 Å². The largest absolute Gasteiger partial charge is 0.434 e. The van der Waals surface area contributed by atoms with Crippen LogP contribution in [0.15, 0.2) is 12.4 Å². The van der Waals surface area contributed by atoms with Gasteiger partial charge in [-0.2, -0.15) is 5.10 Å². The maximum atomic E-state index is 5.03. The van der Waals surface area contributed by atoms with Gasteiger partial charge in [0.05, 0.1) is 0 Å². The molecule has 0 unspecified atom stereocenters. The standard InChI is InChI=1S/C5H9BN2O/c1-6(9-2)5-3-7-8-4-5/h3-4H,1-2H3,(H,7,8). The Morgan fingerprint density at radius 1 is 1.78 bits per heavy atom. The third-order valence-corrected chi connectivity index (χ3v) is 1.34. The minimum atomic E-state index is 0.142. The van der Waals surface area contributed by atoms with Crippen molar-refractivity contribution < 1.29 is 4.65 Å². The number of nitrogens with zero attached hydrogens (tertiary/aromatic N) is 1. The molecule has 0 radical (unpaired) electrons. The number of rotatable bonds is 2. The number of aromatic amines is 1. The molecule has 0 spiro atoms. The highest BCUT2D eigenvalue weighted by atomic mass is 16.4. The zero-order valence-electron chi connectivity index (χ0n) is 5.59. The van der Waals surface area contributed by atoms with E-state index in [0.717, 1.165) is 5.46 Å². The lowest BCUT2D eigenvalue weighted by Gasteiger charge is -1.98. The van der Waals surface area contributed by atoms with Crippen molar-refractivity contribution in [1.82, 2.24) is 10.2 Å². The van der Waals surface area contributed by atoms with Gasteiger partial charge in [0.25, 0.3) is 0 Å². The first kappa shape index (κ1) is 6.36. The highest BCUT2D eigenvalue weighted by Gasteiger charge is 2.08. The average molecular weight is 124 g/mol. The maximum absolute atomic E-state index is 5.03. The Morgan fingerprint density at radius 2 is 2.56 bits per heavy atom. The van der Waals surface area contributed by atoms with Gasteiger partial charge >= 0.3 is 6.92 Å². The topological polar surface area (TPSA) is 37.9 Å². The molecule has 4 heteroatoms. The van der Waals surface area contributed by atoms with Crippen LogP contribution in [0.1, 0.15) is 0 Å². The first-order chi connectivity index (χ1) is 4.34. The van der Waals surface area contributed by atoms with E-state index in [2.05, 4.69) is 10.2 Å². The van der Waals surface area contributed by atoms with Crippen LogP contribution in [0, 0.1) is 0 Å². The average Bonchev–Trinajstić information content (AvgIpc) is 2.37. The van der Waals surface area contributed by atoms with E-state index < -0.39 is 0 Å². The van der Waals surface area contributed by atoms with Crippen LogP contribution in [-0.2, 0) is 4.65 Å². The summed E-state index contributed by atoms with van der Waals surface area (Å²) in [5, 5.41) is 6.50. The Balaban J connectivity index is 2.65. The van der Waals surface area contributed by atoms with Crippen LogP contribution in [0.2, 0.25) is 6.82 Å². The normalized spacial score (nSPS) is 9.56. The van der Waals surface area contributed by atoms with Crippen LogP contribution in [0.25, 0.3) is 0 Å². The van der Waals surface area contributed by atoms with Crippen LogP contribution in [0.3, 0.4) is 0 Å². The first-order valence-electron chi connectivity index (χ1n) is 2.86. The summed E-state index contributed by atoms with van der Waals surface area (Å²) in [5.41, 5.74) is 1.08. The van der Waals surface area contributed by atoms with Gasteiger partial charge in [-0.1, -0.05) is 6.82 Å². The van der Waals surface area contributed by atoms with Crippen LogP contribution in [0.5, 0.6) is 0 Å². The Bertz CT molecular complexity index is 163. The van der Waals surface area contributed by atoms with Gasteiger partial charge in [-0.05, 0) is 5.46 Å². The van der Waals surface area contributed by atoms with Crippen LogP contribution >= 0.6 is 0 Å². The first-order valence-corrected chi connectivity index (χ1v) is 2.86. The SMILES string of the molecule is COB(C)c1cn[nH]c1. The fourth-order valence-corrected chi connectivity index (χ4v) is 0.619. The molecule has 1 aromatic rings. The van der Waals surface area contributed by atoms with Crippen molar-refractivity contribution in [2.75, 3.05) is 7.11 Å². The van der Waals surface area contributed by atoms with E-state index in [4.69, 9.17) is 4.65 Å². The lowest BCUT2D eigenvalue weighted by Crippen LogP contribution is -2.27. The number of hydrogen-bond donors (Lipinski definition) is 1.